The Morgan fingerprint density at radius 1 is 1.32 bits per heavy atom. The Balaban J connectivity index is 2.36. The molecule has 0 bridgehead atoms. The fourth-order valence-electron chi connectivity index (χ4n) is 1.97. The maximum atomic E-state index is 12.1. The van der Waals surface area contributed by atoms with Crippen LogP contribution in [0.4, 0.5) is 13.2 Å². The molecule has 1 aromatic heterocycles. The van der Waals surface area contributed by atoms with E-state index in [4.69, 9.17) is 5.26 Å². The van der Waals surface area contributed by atoms with Crippen molar-refractivity contribution in [2.24, 2.45) is 0 Å². The van der Waals surface area contributed by atoms with Gasteiger partial charge in [0.25, 0.3) is 0 Å². The second kappa shape index (κ2) is 5.89. The van der Waals surface area contributed by atoms with Crippen molar-refractivity contribution in [1.29, 1.82) is 5.26 Å². The standard InChI is InChI=1S/C14H10F3N3O2/c15-14(16,17)8-19-12(21)7-20-6-9(5-18)13(22)10-3-1-2-4-11(10)20/h1-4,6H,7-8H2,(H,19,21). The van der Waals surface area contributed by atoms with E-state index in [-0.39, 0.29) is 10.9 Å². The Hall–Kier alpha value is -2.82. The van der Waals surface area contributed by atoms with Crippen LogP contribution in [0.15, 0.2) is 35.3 Å². The number of nitriles is 1. The molecule has 1 N–H and O–H groups in total. The van der Waals surface area contributed by atoms with Gasteiger partial charge in [-0.05, 0) is 12.1 Å². The summed E-state index contributed by atoms with van der Waals surface area (Å²) in [5, 5.41) is 10.9. The molecule has 2 rings (SSSR count). The highest BCUT2D eigenvalue weighted by Crippen LogP contribution is 2.13. The number of carbonyl (C=O) groups is 1. The predicted octanol–water partition coefficient (Wildman–Crippen LogP) is 1.55. The molecule has 0 spiro atoms. The maximum absolute atomic E-state index is 12.1. The third-order valence-corrected chi connectivity index (χ3v) is 2.91. The van der Waals surface area contributed by atoms with Crippen molar-refractivity contribution >= 4 is 16.8 Å². The highest BCUT2D eigenvalue weighted by atomic mass is 19.4. The molecule has 8 heteroatoms. The first kappa shape index (κ1) is 15.6. The molecule has 1 heterocycles. The summed E-state index contributed by atoms with van der Waals surface area (Å²) in [6, 6.07) is 7.97. The van der Waals surface area contributed by atoms with Gasteiger partial charge in [0.2, 0.25) is 11.3 Å². The summed E-state index contributed by atoms with van der Waals surface area (Å²) in [5.41, 5.74) is -0.291. The zero-order valence-electron chi connectivity index (χ0n) is 11.1. The van der Waals surface area contributed by atoms with Gasteiger partial charge in [-0.15, -0.1) is 0 Å². The zero-order valence-corrected chi connectivity index (χ0v) is 11.1. The third-order valence-electron chi connectivity index (χ3n) is 2.91. The second-order valence-corrected chi connectivity index (χ2v) is 4.52. The van der Waals surface area contributed by atoms with Crippen molar-refractivity contribution in [2.45, 2.75) is 12.7 Å². The Morgan fingerprint density at radius 3 is 2.64 bits per heavy atom. The summed E-state index contributed by atoms with van der Waals surface area (Å²) in [4.78, 5) is 23.6. The number of rotatable bonds is 3. The number of pyridine rings is 1. The Kier molecular flexibility index (Phi) is 4.17. The number of alkyl halides is 3. The zero-order chi connectivity index (χ0) is 16.3. The van der Waals surface area contributed by atoms with Crippen LogP contribution in [-0.4, -0.2) is 23.2 Å². The lowest BCUT2D eigenvalue weighted by molar-refractivity contribution is -0.138. The van der Waals surface area contributed by atoms with Crippen molar-refractivity contribution in [1.82, 2.24) is 9.88 Å². The van der Waals surface area contributed by atoms with Gasteiger partial charge in [0.05, 0.1) is 5.52 Å². The molecular formula is C14H10F3N3O2. The van der Waals surface area contributed by atoms with E-state index < -0.39 is 30.6 Å². The molecule has 0 atom stereocenters. The van der Waals surface area contributed by atoms with Crippen LogP contribution in [0, 0.1) is 11.3 Å². The first-order valence-corrected chi connectivity index (χ1v) is 6.17. The minimum Gasteiger partial charge on any atom is -0.345 e. The van der Waals surface area contributed by atoms with E-state index in [2.05, 4.69) is 0 Å². The topological polar surface area (TPSA) is 74.9 Å². The van der Waals surface area contributed by atoms with E-state index in [1.807, 2.05) is 0 Å². The Bertz CT molecular complexity index is 819. The van der Waals surface area contributed by atoms with E-state index in [1.165, 1.54) is 10.6 Å². The van der Waals surface area contributed by atoms with E-state index in [0.717, 1.165) is 6.20 Å². The molecule has 0 radical (unpaired) electrons. The molecule has 2 aromatic rings. The van der Waals surface area contributed by atoms with Gasteiger partial charge in [0.1, 0.15) is 24.7 Å². The summed E-state index contributed by atoms with van der Waals surface area (Å²) in [6.45, 7) is -1.86. The van der Waals surface area contributed by atoms with Crippen LogP contribution >= 0.6 is 0 Å². The Morgan fingerprint density at radius 2 is 2.00 bits per heavy atom. The minimum absolute atomic E-state index is 0.178. The molecule has 0 aliphatic rings. The number of carbonyl (C=O) groups excluding carboxylic acids is 1. The fourth-order valence-corrected chi connectivity index (χ4v) is 1.97. The number of hydrogen-bond donors (Lipinski definition) is 1. The Labute approximate surface area is 122 Å². The van der Waals surface area contributed by atoms with Crippen LogP contribution in [0.2, 0.25) is 0 Å². The highest BCUT2D eigenvalue weighted by Gasteiger charge is 2.27. The first-order chi connectivity index (χ1) is 10.3. The molecule has 5 nitrogen and oxygen atoms in total. The summed E-state index contributed by atoms with van der Waals surface area (Å²) in [6.07, 6.45) is -3.34. The normalized spacial score (nSPS) is 11.2. The second-order valence-electron chi connectivity index (χ2n) is 4.52. The van der Waals surface area contributed by atoms with Crippen molar-refractivity contribution in [3.8, 4) is 6.07 Å². The lowest BCUT2D eigenvalue weighted by Gasteiger charge is -2.12. The number of halogens is 3. The molecular weight excluding hydrogens is 299 g/mol. The molecule has 0 aliphatic heterocycles. The van der Waals surface area contributed by atoms with E-state index in [1.54, 1.807) is 29.6 Å². The summed E-state index contributed by atoms with van der Waals surface area (Å²) < 4.78 is 37.5. The first-order valence-electron chi connectivity index (χ1n) is 6.17. The van der Waals surface area contributed by atoms with Gasteiger partial charge in [0.15, 0.2) is 0 Å². The highest BCUT2D eigenvalue weighted by molar-refractivity contribution is 5.83. The number of aromatic nitrogens is 1. The van der Waals surface area contributed by atoms with E-state index >= 15 is 0 Å². The summed E-state index contributed by atoms with van der Waals surface area (Å²) in [5.74, 6) is -0.866. The number of benzene rings is 1. The molecule has 1 aromatic carbocycles. The van der Waals surface area contributed by atoms with E-state index in [0.29, 0.717) is 5.52 Å². The van der Waals surface area contributed by atoms with Crippen molar-refractivity contribution in [3.05, 3.63) is 46.2 Å². The molecule has 1 amide bonds. The number of fused-ring (bicyclic) bond motifs is 1. The monoisotopic (exact) mass is 309 g/mol. The van der Waals surface area contributed by atoms with Crippen LogP contribution in [0.3, 0.4) is 0 Å². The number of nitrogens with zero attached hydrogens (tertiary/aromatic N) is 2. The minimum atomic E-state index is -4.50. The van der Waals surface area contributed by atoms with Gasteiger partial charge >= 0.3 is 6.18 Å². The lowest BCUT2D eigenvalue weighted by atomic mass is 10.1. The van der Waals surface area contributed by atoms with Crippen LogP contribution in [-0.2, 0) is 11.3 Å². The van der Waals surface area contributed by atoms with Crippen molar-refractivity contribution in [2.75, 3.05) is 6.54 Å². The lowest BCUT2D eigenvalue weighted by Crippen LogP contribution is -2.36. The van der Waals surface area contributed by atoms with Crippen molar-refractivity contribution in [3.63, 3.8) is 0 Å². The fraction of sp³-hybridized carbons (Fsp3) is 0.214. The van der Waals surface area contributed by atoms with Gasteiger partial charge in [0, 0.05) is 11.6 Å². The van der Waals surface area contributed by atoms with Gasteiger partial charge < -0.3 is 9.88 Å². The summed E-state index contributed by atoms with van der Waals surface area (Å²) >= 11 is 0. The number of amides is 1. The molecule has 0 fully saturated rings. The smallest absolute Gasteiger partial charge is 0.345 e. The average Bonchev–Trinajstić information content (AvgIpc) is 2.47. The largest absolute Gasteiger partial charge is 0.405 e. The quantitative estimate of drug-likeness (QED) is 0.935. The van der Waals surface area contributed by atoms with Gasteiger partial charge in [-0.25, -0.2) is 0 Å². The maximum Gasteiger partial charge on any atom is 0.405 e. The van der Waals surface area contributed by atoms with Gasteiger partial charge in [-0.3, -0.25) is 9.59 Å². The number of nitrogens with one attached hydrogen (secondary N) is 1. The van der Waals surface area contributed by atoms with Gasteiger partial charge in [-0.2, -0.15) is 18.4 Å². The molecule has 0 saturated heterocycles. The van der Waals surface area contributed by atoms with Crippen molar-refractivity contribution < 1.29 is 18.0 Å². The van der Waals surface area contributed by atoms with E-state index in [9.17, 15) is 22.8 Å². The van der Waals surface area contributed by atoms with Crippen LogP contribution in [0.1, 0.15) is 5.56 Å². The predicted molar refractivity (Wildman–Crippen MR) is 72.0 cm³/mol. The van der Waals surface area contributed by atoms with Crippen LogP contribution in [0.25, 0.3) is 10.9 Å². The molecule has 0 saturated carbocycles. The molecule has 114 valence electrons. The molecule has 0 aliphatic carbocycles. The number of hydrogen-bond acceptors (Lipinski definition) is 3. The average molecular weight is 309 g/mol. The van der Waals surface area contributed by atoms with Crippen LogP contribution in [0.5, 0.6) is 0 Å². The molecule has 22 heavy (non-hydrogen) atoms. The third kappa shape index (κ3) is 3.44. The summed E-state index contributed by atoms with van der Waals surface area (Å²) in [7, 11) is 0. The molecule has 0 unspecified atom stereocenters. The van der Waals surface area contributed by atoms with Gasteiger partial charge in [-0.1, -0.05) is 12.1 Å². The SMILES string of the molecule is N#Cc1cn(CC(=O)NCC(F)(F)F)c2ccccc2c1=O. The van der Waals surface area contributed by atoms with Crippen LogP contribution < -0.4 is 10.7 Å². The number of para-hydroxylation sites is 1.